The topological polar surface area (TPSA) is 51.7 Å². The van der Waals surface area contributed by atoms with Crippen LogP contribution in [0.15, 0.2) is 30.5 Å². The number of nitrogens with zero attached hydrogens (tertiary/aromatic N) is 2. The molecule has 24 heavy (non-hydrogen) atoms. The maximum absolute atomic E-state index is 12.0. The van der Waals surface area contributed by atoms with Crippen molar-refractivity contribution in [3.63, 3.8) is 0 Å². The van der Waals surface area contributed by atoms with Crippen molar-refractivity contribution < 1.29 is 14.3 Å². The molecule has 0 N–H and O–H groups in total. The molecular formula is C19H24N2O3. The van der Waals surface area contributed by atoms with Crippen molar-refractivity contribution in [2.75, 3.05) is 31.2 Å². The smallest absolute Gasteiger partial charge is 0.310 e. The van der Waals surface area contributed by atoms with Gasteiger partial charge in [-0.25, -0.2) is 0 Å². The van der Waals surface area contributed by atoms with Crippen LogP contribution in [-0.4, -0.2) is 42.9 Å². The number of aromatic nitrogens is 1. The average molecular weight is 328 g/mol. The molecule has 1 aliphatic heterocycles. The van der Waals surface area contributed by atoms with Crippen molar-refractivity contribution in [2.24, 2.45) is 0 Å². The summed E-state index contributed by atoms with van der Waals surface area (Å²) in [5.74, 6) is -0.209. The van der Waals surface area contributed by atoms with E-state index < -0.39 is 5.60 Å². The van der Waals surface area contributed by atoms with Gasteiger partial charge in [0.15, 0.2) is 0 Å². The Bertz CT molecular complexity index is 731. The second kappa shape index (κ2) is 6.77. The van der Waals surface area contributed by atoms with Crippen molar-refractivity contribution in [3.8, 4) is 0 Å². The van der Waals surface area contributed by atoms with E-state index in [-0.39, 0.29) is 12.4 Å². The highest BCUT2D eigenvalue weighted by Crippen LogP contribution is 2.22. The van der Waals surface area contributed by atoms with Crippen molar-refractivity contribution in [1.82, 2.24) is 4.98 Å². The predicted molar refractivity (Wildman–Crippen MR) is 94.3 cm³/mol. The molecule has 1 saturated heterocycles. The van der Waals surface area contributed by atoms with Crippen LogP contribution in [0.5, 0.6) is 0 Å². The SMILES string of the molecule is CC(C)(C)OC(=O)Cc1ccc2ncc(N3CCOCC3)cc2c1. The molecule has 5 nitrogen and oxygen atoms in total. The number of ether oxygens (including phenoxy) is 2. The lowest BCUT2D eigenvalue weighted by molar-refractivity contribution is -0.153. The highest BCUT2D eigenvalue weighted by atomic mass is 16.6. The molecular weight excluding hydrogens is 304 g/mol. The fourth-order valence-electron chi connectivity index (χ4n) is 2.82. The molecule has 1 aromatic heterocycles. The molecule has 2 heterocycles. The summed E-state index contributed by atoms with van der Waals surface area (Å²) in [6.45, 7) is 8.89. The van der Waals surface area contributed by atoms with Crippen molar-refractivity contribution >= 4 is 22.6 Å². The van der Waals surface area contributed by atoms with Crippen LogP contribution in [0, 0.1) is 0 Å². The maximum atomic E-state index is 12.0. The highest BCUT2D eigenvalue weighted by Gasteiger charge is 2.17. The van der Waals surface area contributed by atoms with Crippen molar-refractivity contribution in [2.45, 2.75) is 32.8 Å². The lowest BCUT2D eigenvalue weighted by Crippen LogP contribution is -2.36. The summed E-state index contributed by atoms with van der Waals surface area (Å²) in [5.41, 5.74) is 2.51. The molecule has 0 spiro atoms. The fraction of sp³-hybridized carbons (Fsp3) is 0.474. The van der Waals surface area contributed by atoms with Gasteiger partial charge in [0.1, 0.15) is 5.60 Å². The lowest BCUT2D eigenvalue weighted by Gasteiger charge is -2.28. The Morgan fingerprint density at radius 2 is 2.00 bits per heavy atom. The summed E-state index contributed by atoms with van der Waals surface area (Å²) in [6.07, 6.45) is 2.18. The molecule has 0 unspecified atom stereocenters. The number of morpholine rings is 1. The van der Waals surface area contributed by atoms with Gasteiger partial charge in [-0.3, -0.25) is 9.78 Å². The van der Waals surface area contributed by atoms with Gasteiger partial charge in [0, 0.05) is 18.5 Å². The Morgan fingerprint density at radius 1 is 1.25 bits per heavy atom. The molecule has 5 heteroatoms. The summed E-state index contributed by atoms with van der Waals surface area (Å²) in [7, 11) is 0. The Kier molecular flexibility index (Phi) is 4.71. The molecule has 0 atom stereocenters. The number of fused-ring (bicyclic) bond motifs is 1. The zero-order chi connectivity index (χ0) is 17.2. The Balaban J connectivity index is 1.79. The van der Waals surface area contributed by atoms with E-state index in [9.17, 15) is 4.79 Å². The van der Waals surface area contributed by atoms with E-state index in [4.69, 9.17) is 9.47 Å². The normalized spacial score (nSPS) is 15.5. The molecule has 1 fully saturated rings. The first-order valence-corrected chi connectivity index (χ1v) is 8.34. The second-order valence-electron chi connectivity index (χ2n) is 7.08. The first-order chi connectivity index (χ1) is 11.4. The first-order valence-electron chi connectivity index (χ1n) is 8.34. The van der Waals surface area contributed by atoms with Crippen LogP contribution in [0.4, 0.5) is 5.69 Å². The minimum atomic E-state index is -0.459. The molecule has 0 radical (unpaired) electrons. The molecule has 2 aromatic rings. The monoisotopic (exact) mass is 328 g/mol. The van der Waals surface area contributed by atoms with Crippen LogP contribution < -0.4 is 4.90 Å². The minimum Gasteiger partial charge on any atom is -0.460 e. The third-order valence-corrected chi connectivity index (χ3v) is 3.88. The van der Waals surface area contributed by atoms with Crippen LogP contribution in [0.25, 0.3) is 10.9 Å². The summed E-state index contributed by atoms with van der Waals surface area (Å²) in [6, 6.07) is 8.05. The Labute approximate surface area is 142 Å². The van der Waals surface area contributed by atoms with Gasteiger partial charge in [-0.05, 0) is 44.5 Å². The zero-order valence-corrected chi connectivity index (χ0v) is 14.5. The van der Waals surface area contributed by atoms with Gasteiger partial charge >= 0.3 is 5.97 Å². The maximum Gasteiger partial charge on any atom is 0.310 e. The number of esters is 1. The van der Waals surface area contributed by atoms with E-state index in [1.807, 2.05) is 45.2 Å². The first kappa shape index (κ1) is 16.7. The van der Waals surface area contributed by atoms with Crippen LogP contribution >= 0.6 is 0 Å². The summed E-state index contributed by atoms with van der Waals surface area (Å²) >= 11 is 0. The molecule has 3 rings (SSSR count). The van der Waals surface area contributed by atoms with Crippen molar-refractivity contribution in [1.29, 1.82) is 0 Å². The standard InChI is InChI=1S/C19H24N2O3/c1-19(2,3)24-18(22)11-14-4-5-17-15(10-14)12-16(13-20-17)21-6-8-23-9-7-21/h4-5,10,12-13H,6-9,11H2,1-3H3. The lowest BCUT2D eigenvalue weighted by atomic mass is 10.1. The molecule has 0 bridgehead atoms. The number of rotatable bonds is 3. The number of hydrogen-bond donors (Lipinski definition) is 0. The van der Waals surface area contributed by atoms with Crippen LogP contribution in [0.2, 0.25) is 0 Å². The largest absolute Gasteiger partial charge is 0.460 e. The quantitative estimate of drug-likeness (QED) is 0.811. The molecule has 0 amide bonds. The molecule has 0 aliphatic carbocycles. The summed E-state index contributed by atoms with van der Waals surface area (Å²) < 4.78 is 10.8. The molecule has 1 aromatic carbocycles. The number of benzene rings is 1. The summed E-state index contributed by atoms with van der Waals surface area (Å²) in [4.78, 5) is 18.8. The average Bonchev–Trinajstić information content (AvgIpc) is 2.53. The number of carbonyl (C=O) groups excluding carboxylic acids is 1. The van der Waals surface area contributed by atoms with E-state index in [0.29, 0.717) is 0 Å². The van der Waals surface area contributed by atoms with Gasteiger partial charge in [-0.15, -0.1) is 0 Å². The zero-order valence-electron chi connectivity index (χ0n) is 14.5. The van der Waals surface area contributed by atoms with E-state index >= 15 is 0 Å². The van der Waals surface area contributed by atoms with Gasteiger partial charge in [0.2, 0.25) is 0 Å². The van der Waals surface area contributed by atoms with E-state index in [1.54, 1.807) is 0 Å². The van der Waals surface area contributed by atoms with Gasteiger partial charge in [0.25, 0.3) is 0 Å². The highest BCUT2D eigenvalue weighted by molar-refractivity contribution is 5.84. The number of carbonyl (C=O) groups is 1. The van der Waals surface area contributed by atoms with Gasteiger partial charge in [-0.2, -0.15) is 0 Å². The van der Waals surface area contributed by atoms with Gasteiger partial charge in [0.05, 0.1) is 37.0 Å². The Hall–Kier alpha value is -2.14. The van der Waals surface area contributed by atoms with Crippen molar-refractivity contribution in [3.05, 3.63) is 36.0 Å². The summed E-state index contributed by atoms with van der Waals surface area (Å²) in [5, 5.41) is 1.04. The number of anilines is 1. The number of hydrogen-bond acceptors (Lipinski definition) is 5. The van der Waals surface area contributed by atoms with E-state index in [2.05, 4.69) is 16.0 Å². The predicted octanol–water partition coefficient (Wildman–Crippen LogP) is 2.96. The van der Waals surface area contributed by atoms with Gasteiger partial charge in [-0.1, -0.05) is 6.07 Å². The number of pyridine rings is 1. The fourth-order valence-corrected chi connectivity index (χ4v) is 2.82. The van der Waals surface area contributed by atoms with E-state index in [1.165, 1.54) is 0 Å². The van der Waals surface area contributed by atoms with Gasteiger partial charge < -0.3 is 14.4 Å². The van der Waals surface area contributed by atoms with Crippen LogP contribution in [0.3, 0.4) is 0 Å². The van der Waals surface area contributed by atoms with Crippen LogP contribution in [0.1, 0.15) is 26.3 Å². The van der Waals surface area contributed by atoms with Crippen LogP contribution in [-0.2, 0) is 20.7 Å². The molecule has 0 saturated carbocycles. The van der Waals surface area contributed by atoms with E-state index in [0.717, 1.165) is 48.5 Å². The second-order valence-corrected chi connectivity index (χ2v) is 7.08. The molecule has 128 valence electrons. The molecule has 1 aliphatic rings. The third kappa shape index (κ3) is 4.23. The minimum absolute atomic E-state index is 0.209. The third-order valence-electron chi connectivity index (χ3n) is 3.88. The Morgan fingerprint density at radius 3 is 2.71 bits per heavy atom.